The Morgan fingerprint density at radius 3 is 2.05 bits per heavy atom. The molecule has 0 bridgehead atoms. The number of ether oxygens (including phenoxy) is 1. The van der Waals surface area contributed by atoms with Gasteiger partial charge in [0.2, 0.25) is 0 Å². The summed E-state index contributed by atoms with van der Waals surface area (Å²) in [6.07, 6.45) is -11.9. The number of hydrogen-bond acceptors (Lipinski definition) is 3. The third-order valence-corrected chi connectivity index (χ3v) is 3.02. The topological polar surface area (TPSA) is 66.8 Å². The molecule has 0 aromatic carbocycles. The van der Waals surface area contributed by atoms with Crippen molar-refractivity contribution in [1.29, 1.82) is 0 Å². The number of rotatable bonds is 2. The summed E-state index contributed by atoms with van der Waals surface area (Å²) >= 11 is 0. The minimum Gasteiger partial charge on any atom is -0.480 e. The van der Waals surface area contributed by atoms with E-state index >= 15 is 0 Å². The molecule has 1 aliphatic heterocycles. The molecule has 0 aromatic rings. The highest BCUT2D eigenvalue weighted by molar-refractivity contribution is 5.88. The van der Waals surface area contributed by atoms with Gasteiger partial charge in [-0.1, -0.05) is 0 Å². The number of likely N-dealkylation sites (tertiary alicyclic amines) is 1. The summed E-state index contributed by atoms with van der Waals surface area (Å²) in [6, 6.07) is -2.26. The predicted octanol–water partition coefficient (Wildman–Crippen LogP) is 1.18. The molecule has 0 aromatic heterocycles. The molecule has 2 atom stereocenters. The van der Waals surface area contributed by atoms with E-state index in [2.05, 4.69) is 4.74 Å². The van der Waals surface area contributed by atoms with Gasteiger partial charge in [-0.3, -0.25) is 4.79 Å². The van der Waals surface area contributed by atoms with Gasteiger partial charge in [0.05, 0.1) is 6.54 Å². The number of halogens is 6. The van der Waals surface area contributed by atoms with Crippen LogP contribution in [0.1, 0.15) is 6.42 Å². The van der Waals surface area contributed by atoms with Crippen molar-refractivity contribution in [1.82, 2.24) is 4.90 Å². The number of carboxylic acid groups (broad SMARTS) is 1. The Labute approximate surface area is 108 Å². The van der Waals surface area contributed by atoms with Crippen molar-refractivity contribution in [3.8, 4) is 0 Å². The van der Waals surface area contributed by atoms with E-state index in [9.17, 15) is 35.9 Å². The van der Waals surface area contributed by atoms with Crippen LogP contribution in [0.4, 0.5) is 26.3 Å². The average Bonchev–Trinajstić information content (AvgIpc) is 2.66. The van der Waals surface area contributed by atoms with Crippen molar-refractivity contribution in [2.24, 2.45) is 0 Å². The van der Waals surface area contributed by atoms with Crippen LogP contribution in [0.5, 0.6) is 0 Å². The third kappa shape index (κ3) is 2.67. The zero-order valence-electron chi connectivity index (χ0n) is 9.88. The largest absolute Gasteiger partial charge is 0.480 e. The molecule has 0 saturated carbocycles. The smallest absolute Gasteiger partial charge is 0.471 e. The number of carbonyl (C=O) groups excluding carboxylic acids is 1. The monoisotopic (exact) mass is 309 g/mol. The normalized spacial score (nSPS) is 27.8. The van der Waals surface area contributed by atoms with Crippen LogP contribution in [-0.4, -0.2) is 59.5 Å². The van der Waals surface area contributed by atoms with Gasteiger partial charge < -0.3 is 14.7 Å². The highest BCUT2D eigenvalue weighted by atomic mass is 19.4. The van der Waals surface area contributed by atoms with Gasteiger partial charge in [0.15, 0.2) is 5.60 Å². The molecule has 1 amide bonds. The molecule has 1 aliphatic rings. The highest BCUT2D eigenvalue weighted by Gasteiger charge is 2.65. The molecule has 0 aliphatic carbocycles. The van der Waals surface area contributed by atoms with Gasteiger partial charge in [-0.2, -0.15) is 26.3 Å². The minimum atomic E-state index is -5.47. The molecular formula is C9H9F6NO4. The van der Waals surface area contributed by atoms with Crippen LogP contribution in [0.25, 0.3) is 0 Å². The predicted molar refractivity (Wildman–Crippen MR) is 49.6 cm³/mol. The quantitative estimate of drug-likeness (QED) is 0.778. The first kappa shape index (κ1) is 16.5. The molecule has 0 unspecified atom stereocenters. The fraction of sp³-hybridized carbons (Fsp3) is 0.778. The second-order valence-electron chi connectivity index (χ2n) is 4.19. The van der Waals surface area contributed by atoms with Gasteiger partial charge in [0, 0.05) is 13.5 Å². The summed E-state index contributed by atoms with van der Waals surface area (Å²) in [5.74, 6) is -4.61. The van der Waals surface area contributed by atoms with E-state index in [-0.39, 0.29) is 4.90 Å². The van der Waals surface area contributed by atoms with Crippen molar-refractivity contribution in [3.05, 3.63) is 0 Å². The van der Waals surface area contributed by atoms with Crippen LogP contribution in [0.3, 0.4) is 0 Å². The summed E-state index contributed by atoms with van der Waals surface area (Å²) < 4.78 is 79.6. The van der Waals surface area contributed by atoms with Crippen LogP contribution in [0.2, 0.25) is 0 Å². The fourth-order valence-corrected chi connectivity index (χ4v) is 1.94. The van der Waals surface area contributed by atoms with E-state index in [1.165, 1.54) is 0 Å². The van der Waals surface area contributed by atoms with Crippen LogP contribution < -0.4 is 0 Å². The van der Waals surface area contributed by atoms with Crippen LogP contribution in [0, 0.1) is 0 Å². The summed E-state index contributed by atoms with van der Waals surface area (Å²) in [5, 5.41) is 8.71. The van der Waals surface area contributed by atoms with Crippen LogP contribution >= 0.6 is 0 Å². The van der Waals surface area contributed by atoms with Gasteiger partial charge in [0.1, 0.15) is 6.04 Å². The van der Waals surface area contributed by atoms with E-state index < -0.39 is 48.8 Å². The number of amides is 1. The Kier molecular flexibility index (Phi) is 3.96. The Morgan fingerprint density at radius 1 is 1.25 bits per heavy atom. The highest BCUT2D eigenvalue weighted by Crippen LogP contribution is 2.44. The number of hydrogen-bond donors (Lipinski definition) is 1. The van der Waals surface area contributed by atoms with E-state index in [1.54, 1.807) is 0 Å². The fourth-order valence-electron chi connectivity index (χ4n) is 1.94. The number of alkyl halides is 6. The number of carbonyl (C=O) groups is 2. The second-order valence-corrected chi connectivity index (χ2v) is 4.19. The summed E-state index contributed by atoms with van der Waals surface area (Å²) in [7, 11) is 0.591. The van der Waals surface area contributed by atoms with E-state index in [1.807, 2.05) is 0 Å². The molecule has 116 valence electrons. The number of aliphatic carboxylic acids is 1. The Balaban J connectivity index is 3.19. The molecule has 0 radical (unpaired) electrons. The van der Waals surface area contributed by atoms with E-state index in [4.69, 9.17) is 5.11 Å². The molecular weight excluding hydrogens is 300 g/mol. The maximum Gasteiger partial charge on any atom is 0.471 e. The first-order valence-electron chi connectivity index (χ1n) is 5.08. The van der Waals surface area contributed by atoms with E-state index in [0.29, 0.717) is 7.11 Å². The molecule has 1 saturated heterocycles. The van der Waals surface area contributed by atoms with Crippen molar-refractivity contribution < 1.29 is 45.8 Å². The van der Waals surface area contributed by atoms with Gasteiger partial charge in [-0.05, 0) is 0 Å². The summed E-state index contributed by atoms with van der Waals surface area (Å²) in [6.45, 7) is -1.53. The Bertz CT molecular complexity index is 420. The van der Waals surface area contributed by atoms with Gasteiger partial charge >= 0.3 is 24.2 Å². The average molecular weight is 309 g/mol. The first-order valence-corrected chi connectivity index (χ1v) is 5.08. The Morgan fingerprint density at radius 2 is 1.75 bits per heavy atom. The van der Waals surface area contributed by atoms with Crippen molar-refractivity contribution in [2.45, 2.75) is 30.4 Å². The zero-order chi connectivity index (χ0) is 15.9. The molecule has 0 spiro atoms. The molecule has 1 rings (SSSR count). The second kappa shape index (κ2) is 4.79. The third-order valence-electron chi connectivity index (χ3n) is 3.02. The standard InChI is InChI=1S/C9H9F6NO4/c1-20-7(9(13,14)15)2-4(5(17)18)16(3-7)6(19)8(10,11)12/h4H,2-3H2,1H3,(H,17,18)/t4-,7-/m0/s1. The number of methoxy groups -OCH3 is 1. The number of carboxylic acids is 1. The van der Waals surface area contributed by atoms with Crippen LogP contribution in [-0.2, 0) is 14.3 Å². The SMILES string of the molecule is CO[C@@]1(C(F)(F)F)C[C@@H](C(=O)O)N(C(=O)C(F)(F)F)C1. The first-order chi connectivity index (χ1) is 8.85. The minimum absolute atomic E-state index is 0.376. The molecule has 1 fully saturated rings. The van der Waals surface area contributed by atoms with Gasteiger partial charge in [0.25, 0.3) is 0 Å². The van der Waals surface area contributed by atoms with Crippen molar-refractivity contribution in [2.75, 3.05) is 13.7 Å². The van der Waals surface area contributed by atoms with Crippen molar-refractivity contribution >= 4 is 11.9 Å². The molecule has 1 heterocycles. The lowest BCUT2D eigenvalue weighted by Gasteiger charge is -2.30. The molecule has 1 N–H and O–H groups in total. The lowest BCUT2D eigenvalue weighted by Crippen LogP contribution is -2.51. The molecule has 11 heteroatoms. The van der Waals surface area contributed by atoms with Crippen molar-refractivity contribution in [3.63, 3.8) is 0 Å². The molecule has 5 nitrogen and oxygen atoms in total. The van der Waals surface area contributed by atoms with E-state index in [0.717, 1.165) is 0 Å². The zero-order valence-corrected chi connectivity index (χ0v) is 9.88. The Hall–Kier alpha value is -1.52. The number of nitrogens with zero attached hydrogens (tertiary/aromatic N) is 1. The van der Waals surface area contributed by atoms with Gasteiger partial charge in [-0.15, -0.1) is 0 Å². The van der Waals surface area contributed by atoms with Crippen LogP contribution in [0.15, 0.2) is 0 Å². The maximum atomic E-state index is 12.8. The lowest BCUT2D eigenvalue weighted by atomic mass is 9.99. The maximum absolute atomic E-state index is 12.8. The lowest BCUT2D eigenvalue weighted by molar-refractivity contribution is -0.264. The summed E-state index contributed by atoms with van der Waals surface area (Å²) in [4.78, 5) is 21.4. The summed E-state index contributed by atoms with van der Waals surface area (Å²) in [5.41, 5.74) is -3.13. The van der Waals surface area contributed by atoms with Gasteiger partial charge in [-0.25, -0.2) is 4.79 Å². The molecule has 20 heavy (non-hydrogen) atoms.